The number of unbranched alkanes of at least 4 members (excludes halogenated alkanes) is 1. The molecule has 2 aliphatic heterocycles. The summed E-state index contributed by atoms with van der Waals surface area (Å²) in [5.74, 6) is -1.85. The zero-order valence-electron chi connectivity index (χ0n) is 33.5. The van der Waals surface area contributed by atoms with Gasteiger partial charge in [-0.05, 0) is 91.6 Å². The van der Waals surface area contributed by atoms with Gasteiger partial charge in [0.15, 0.2) is 5.78 Å². The summed E-state index contributed by atoms with van der Waals surface area (Å²) in [5, 5.41) is 10.6. The summed E-state index contributed by atoms with van der Waals surface area (Å²) >= 11 is 0. The van der Waals surface area contributed by atoms with Crippen LogP contribution in [0.25, 0.3) is 0 Å². The Morgan fingerprint density at radius 2 is 1.57 bits per heavy atom. The Hall–Kier alpha value is -4.94. The van der Waals surface area contributed by atoms with Crippen molar-refractivity contribution in [2.75, 3.05) is 6.54 Å². The molecule has 0 bridgehead atoms. The number of rotatable bonds is 13. The lowest BCUT2D eigenvalue weighted by Crippen LogP contribution is -2.68. The van der Waals surface area contributed by atoms with Crippen LogP contribution < -0.4 is 26.3 Å². The number of carbonyl (C=O) groups is 5. The fraction of sp³-hybridized carbons (Fsp3) is 0.455. The number of benzene rings is 2. The summed E-state index contributed by atoms with van der Waals surface area (Å²) in [6.45, 7) is 12.1. The second-order valence-corrected chi connectivity index (χ2v) is 20.4. The Bertz CT molecular complexity index is 1830. The molecule has 3 N–H and O–H groups in total. The second kappa shape index (κ2) is 18.3. The van der Waals surface area contributed by atoms with E-state index in [-0.39, 0.29) is 36.0 Å². The molecule has 5 rings (SSSR count). The van der Waals surface area contributed by atoms with E-state index in [2.05, 4.69) is 66.0 Å². The maximum absolute atomic E-state index is 14.0. The summed E-state index contributed by atoms with van der Waals surface area (Å²) in [4.78, 5) is 74.6. The van der Waals surface area contributed by atoms with Crippen molar-refractivity contribution >= 4 is 48.1 Å². The lowest BCUT2D eigenvalue weighted by atomic mass is 9.94. The van der Waals surface area contributed by atoms with Crippen LogP contribution in [0.1, 0.15) is 85.6 Å². The molecule has 11 nitrogen and oxygen atoms in total. The van der Waals surface area contributed by atoms with Crippen molar-refractivity contribution in [2.45, 2.75) is 121 Å². The van der Waals surface area contributed by atoms with Gasteiger partial charge in [0.05, 0.1) is 0 Å². The van der Waals surface area contributed by atoms with Crippen molar-refractivity contribution in [3.8, 4) is 0 Å². The Morgan fingerprint density at radius 1 is 0.946 bits per heavy atom. The number of nitrogens with one attached hydrogen (secondary N) is 3. The van der Waals surface area contributed by atoms with Gasteiger partial charge in [-0.1, -0.05) is 94.4 Å². The van der Waals surface area contributed by atoms with E-state index in [4.69, 9.17) is 4.43 Å². The molecule has 2 aromatic carbocycles. The third kappa shape index (κ3) is 9.53. The maximum atomic E-state index is 14.0. The van der Waals surface area contributed by atoms with Crippen LogP contribution in [0.3, 0.4) is 0 Å². The zero-order chi connectivity index (χ0) is 40.5. The third-order valence-electron chi connectivity index (χ3n) is 11.2. The lowest BCUT2D eigenvalue weighted by molar-refractivity contribution is -0.144. The predicted molar refractivity (Wildman–Crippen MR) is 220 cm³/mol. The highest BCUT2D eigenvalue weighted by Crippen LogP contribution is 2.37. The number of hydrogen-bond donors (Lipinski definition) is 3. The number of ketones is 1. The molecule has 1 aromatic heterocycles. The average Bonchev–Trinajstić information content (AvgIpc) is 3.69. The van der Waals surface area contributed by atoms with Gasteiger partial charge in [-0.25, -0.2) is 0 Å². The monoisotopic (exact) mass is 779 g/mol. The molecule has 298 valence electrons. The van der Waals surface area contributed by atoms with Gasteiger partial charge in [0, 0.05) is 25.4 Å². The molecule has 5 atom stereocenters. The van der Waals surface area contributed by atoms with Crippen LogP contribution in [-0.4, -0.2) is 83.9 Å². The number of allylic oxidation sites excluding steroid dienone is 1. The molecule has 0 spiro atoms. The van der Waals surface area contributed by atoms with E-state index in [0.717, 1.165) is 15.9 Å². The molecule has 3 heterocycles. The highest BCUT2D eigenvalue weighted by atomic mass is 28.4. The largest absolute Gasteiger partial charge is 0.397 e. The molecule has 0 radical (unpaired) electrons. The van der Waals surface area contributed by atoms with Gasteiger partial charge in [-0.2, -0.15) is 0 Å². The van der Waals surface area contributed by atoms with Gasteiger partial charge in [-0.3, -0.25) is 29.0 Å². The van der Waals surface area contributed by atoms with Gasteiger partial charge < -0.3 is 25.3 Å². The Kier molecular flexibility index (Phi) is 13.8. The lowest BCUT2D eigenvalue weighted by Gasteiger charge is -2.44. The first kappa shape index (κ1) is 42.2. The molecule has 0 aliphatic carbocycles. The first-order valence-corrected chi connectivity index (χ1v) is 21.7. The maximum Gasteiger partial charge on any atom is 0.262 e. The van der Waals surface area contributed by atoms with Crippen LogP contribution >= 0.6 is 0 Å². The van der Waals surface area contributed by atoms with Crippen LogP contribution in [0.2, 0.25) is 5.04 Å². The van der Waals surface area contributed by atoms with Gasteiger partial charge in [0.2, 0.25) is 23.6 Å². The molecule has 2 saturated heterocycles. The fourth-order valence-electron chi connectivity index (χ4n) is 7.77. The summed E-state index contributed by atoms with van der Waals surface area (Å²) in [6, 6.07) is 21.3. The van der Waals surface area contributed by atoms with Crippen molar-refractivity contribution in [1.82, 2.24) is 25.8 Å². The highest BCUT2D eigenvalue weighted by Gasteiger charge is 2.51. The minimum absolute atomic E-state index is 0.159. The SMILES string of the molecule is CC[C@]1(C)NC(=O)[C@H](CCC/C=C/C(=O)[C@H](C)O[Si](c2ccccc2)(c2ccccc2)C(C)(C)C)NC(=O)[C@H]2CCCN2C(=O)[C@H](Cc2ccncc2)NC1=O. The molecule has 12 heteroatoms. The van der Waals surface area contributed by atoms with Crippen molar-refractivity contribution in [1.29, 1.82) is 0 Å². The van der Waals surface area contributed by atoms with E-state index < -0.39 is 55.8 Å². The van der Waals surface area contributed by atoms with Gasteiger partial charge in [-0.15, -0.1) is 0 Å². The van der Waals surface area contributed by atoms with E-state index in [9.17, 15) is 24.0 Å². The first-order valence-electron chi connectivity index (χ1n) is 19.8. The van der Waals surface area contributed by atoms with Crippen molar-refractivity contribution in [3.63, 3.8) is 0 Å². The van der Waals surface area contributed by atoms with Gasteiger partial charge >= 0.3 is 0 Å². The molecule has 2 fully saturated rings. The standard InChI is InChI=1S/C44H57N5O6Si/c1-7-44(6)42(54)47-36(30-32-25-27-45-28-26-32)41(53)49-29-17-23-37(49)40(52)46-35(39(51)48-44)22-15-10-16-24-38(50)31(2)55-56(43(3,4)5,33-18-11-8-12-19-33)34-20-13-9-14-21-34/h8-9,11-14,16,18-21,24-28,31,35-37H,7,10,15,17,22-23,29-30H2,1-6H3,(H,46,52)(H,47,54)(H,48,51)/b24-16+/t31-,35-,36-,37+,44-/m0/s1. The van der Waals surface area contributed by atoms with Crippen LogP contribution in [0.15, 0.2) is 97.3 Å². The average molecular weight is 780 g/mol. The predicted octanol–water partition coefficient (Wildman–Crippen LogP) is 4.14. The molecular weight excluding hydrogens is 723 g/mol. The van der Waals surface area contributed by atoms with Crippen molar-refractivity contribution < 1.29 is 28.4 Å². The van der Waals surface area contributed by atoms with E-state index >= 15 is 0 Å². The Morgan fingerprint density at radius 3 is 2.16 bits per heavy atom. The fourth-order valence-corrected chi connectivity index (χ4v) is 12.4. The minimum Gasteiger partial charge on any atom is -0.397 e. The number of fused-ring (bicyclic) bond motifs is 1. The number of aromatic nitrogens is 1. The second-order valence-electron chi connectivity index (χ2n) is 16.2. The molecule has 0 unspecified atom stereocenters. The molecule has 0 saturated carbocycles. The number of carbonyl (C=O) groups excluding carboxylic acids is 5. The Labute approximate surface area is 332 Å². The smallest absolute Gasteiger partial charge is 0.262 e. The summed E-state index contributed by atoms with van der Waals surface area (Å²) in [5.41, 5.74) is -0.529. The molecule has 56 heavy (non-hydrogen) atoms. The molecule has 4 amide bonds. The molecule has 2 aliphatic rings. The van der Waals surface area contributed by atoms with Gasteiger partial charge in [0.25, 0.3) is 8.32 Å². The summed E-state index contributed by atoms with van der Waals surface area (Å²) < 4.78 is 6.97. The van der Waals surface area contributed by atoms with Crippen LogP contribution in [0.4, 0.5) is 0 Å². The van der Waals surface area contributed by atoms with Crippen molar-refractivity contribution in [3.05, 3.63) is 103 Å². The first-order chi connectivity index (χ1) is 26.7. The third-order valence-corrected chi connectivity index (χ3v) is 16.3. The quantitative estimate of drug-likeness (QED) is 0.134. The highest BCUT2D eigenvalue weighted by molar-refractivity contribution is 6.99. The number of nitrogens with zero attached hydrogens (tertiary/aromatic N) is 2. The number of amides is 4. The van der Waals surface area contributed by atoms with Crippen LogP contribution in [0, 0.1) is 0 Å². The van der Waals surface area contributed by atoms with Crippen LogP contribution in [0.5, 0.6) is 0 Å². The van der Waals surface area contributed by atoms with E-state index in [1.54, 1.807) is 57.4 Å². The topological polar surface area (TPSA) is 147 Å². The summed E-state index contributed by atoms with van der Waals surface area (Å²) in [6.07, 6.45) is 8.62. The normalized spacial score (nSPS) is 23.0. The van der Waals surface area contributed by atoms with E-state index in [1.807, 2.05) is 36.4 Å². The van der Waals surface area contributed by atoms with E-state index in [0.29, 0.717) is 32.2 Å². The zero-order valence-corrected chi connectivity index (χ0v) is 34.5. The van der Waals surface area contributed by atoms with Crippen molar-refractivity contribution in [2.24, 2.45) is 0 Å². The molecular formula is C44H57N5O6Si. The number of hydrogen-bond acceptors (Lipinski definition) is 7. The van der Waals surface area contributed by atoms with E-state index in [1.165, 1.54) is 4.90 Å². The molecule has 3 aromatic rings. The minimum atomic E-state index is -2.94. The van der Waals surface area contributed by atoms with Gasteiger partial charge in [0.1, 0.15) is 29.8 Å². The Balaban J connectivity index is 1.28. The van der Waals surface area contributed by atoms with Crippen LogP contribution in [-0.2, 0) is 34.8 Å². The number of pyridine rings is 1. The summed E-state index contributed by atoms with van der Waals surface area (Å²) in [7, 11) is -2.94.